The van der Waals surface area contributed by atoms with Crippen molar-refractivity contribution in [2.24, 2.45) is 0 Å². The van der Waals surface area contributed by atoms with Crippen molar-refractivity contribution in [1.29, 1.82) is 5.26 Å². The van der Waals surface area contributed by atoms with Crippen molar-refractivity contribution in [1.82, 2.24) is 0 Å². The van der Waals surface area contributed by atoms with Crippen molar-refractivity contribution in [3.05, 3.63) is 56.5 Å². The number of anilines is 1. The lowest BCUT2D eigenvalue weighted by Gasteiger charge is -2.05. The number of nitro groups is 1. The van der Waals surface area contributed by atoms with E-state index in [0.29, 0.717) is 12.1 Å². The third-order valence-corrected chi connectivity index (χ3v) is 3.30. The number of thiophene rings is 1. The summed E-state index contributed by atoms with van der Waals surface area (Å²) in [5.41, 5.74) is -1.79. The molecule has 1 amide bonds. The zero-order valence-corrected chi connectivity index (χ0v) is 10.9. The highest BCUT2D eigenvalue weighted by Crippen LogP contribution is 2.26. The van der Waals surface area contributed by atoms with Gasteiger partial charge in [-0.25, -0.2) is 4.39 Å². The number of rotatable bonds is 3. The number of amides is 1. The normalized spacial score (nSPS) is 9.95. The fourth-order valence-electron chi connectivity index (χ4n) is 1.54. The Morgan fingerprint density at radius 2 is 2.14 bits per heavy atom. The Morgan fingerprint density at radius 1 is 1.43 bits per heavy atom. The Morgan fingerprint density at radius 3 is 2.76 bits per heavy atom. The van der Waals surface area contributed by atoms with E-state index < -0.39 is 33.7 Å². The van der Waals surface area contributed by atoms with E-state index in [4.69, 9.17) is 5.26 Å². The van der Waals surface area contributed by atoms with Crippen molar-refractivity contribution in [2.45, 2.75) is 0 Å². The van der Waals surface area contributed by atoms with Crippen molar-refractivity contribution in [2.75, 3.05) is 5.32 Å². The number of nitriles is 1. The minimum Gasteiger partial charge on any atom is -0.312 e. The molecule has 0 saturated carbocycles. The summed E-state index contributed by atoms with van der Waals surface area (Å²) in [6.07, 6.45) is 0. The Balaban J connectivity index is 2.40. The van der Waals surface area contributed by atoms with Crippen LogP contribution in [0.15, 0.2) is 23.6 Å². The van der Waals surface area contributed by atoms with Gasteiger partial charge in [0.05, 0.1) is 22.1 Å². The van der Waals surface area contributed by atoms with Gasteiger partial charge in [-0.05, 0) is 17.5 Å². The smallest absolute Gasteiger partial charge is 0.308 e. The first-order valence-corrected chi connectivity index (χ1v) is 6.24. The molecule has 2 rings (SSSR count). The van der Waals surface area contributed by atoms with Crippen LogP contribution in [0.2, 0.25) is 0 Å². The van der Waals surface area contributed by atoms with E-state index >= 15 is 0 Å². The van der Waals surface area contributed by atoms with Gasteiger partial charge in [0.15, 0.2) is 0 Å². The van der Waals surface area contributed by atoms with Crippen molar-refractivity contribution in [3.8, 4) is 6.07 Å². The van der Waals surface area contributed by atoms with Gasteiger partial charge in [-0.2, -0.15) is 9.65 Å². The van der Waals surface area contributed by atoms with E-state index in [1.165, 1.54) is 11.4 Å². The van der Waals surface area contributed by atoms with E-state index in [2.05, 4.69) is 5.32 Å². The Bertz CT molecular complexity index is 783. The minimum atomic E-state index is -1.44. The van der Waals surface area contributed by atoms with Gasteiger partial charge in [0.2, 0.25) is 5.82 Å². The molecule has 0 fully saturated rings. The zero-order valence-electron chi connectivity index (χ0n) is 10.1. The molecule has 1 heterocycles. The summed E-state index contributed by atoms with van der Waals surface area (Å²) in [4.78, 5) is 21.4. The monoisotopic (exact) mass is 309 g/mol. The van der Waals surface area contributed by atoms with Crippen LogP contribution in [-0.4, -0.2) is 10.8 Å². The minimum absolute atomic E-state index is 0.147. The van der Waals surface area contributed by atoms with Crippen molar-refractivity contribution < 1.29 is 18.5 Å². The highest BCUT2D eigenvalue weighted by atomic mass is 32.1. The highest BCUT2D eigenvalue weighted by Gasteiger charge is 2.24. The maximum Gasteiger partial charge on any atom is 0.308 e. The first kappa shape index (κ1) is 14.5. The SMILES string of the molecule is N#Cc1ccsc1NC(=O)c1cc(F)cc([N+](=O)[O-])c1F. The predicted molar refractivity (Wildman–Crippen MR) is 70.0 cm³/mol. The van der Waals surface area contributed by atoms with Crippen LogP contribution in [0.1, 0.15) is 15.9 Å². The average molecular weight is 309 g/mol. The molecule has 6 nitrogen and oxygen atoms in total. The number of hydrogen-bond donors (Lipinski definition) is 1. The molecule has 0 radical (unpaired) electrons. The molecule has 1 aromatic heterocycles. The van der Waals surface area contributed by atoms with Crippen molar-refractivity contribution in [3.63, 3.8) is 0 Å². The molecule has 9 heteroatoms. The molecule has 1 aromatic carbocycles. The Hall–Kier alpha value is -2.86. The lowest BCUT2D eigenvalue weighted by molar-refractivity contribution is -0.387. The van der Waals surface area contributed by atoms with Crippen LogP contribution in [0.4, 0.5) is 19.5 Å². The lowest BCUT2D eigenvalue weighted by atomic mass is 10.1. The maximum absolute atomic E-state index is 13.8. The third kappa shape index (κ3) is 2.85. The zero-order chi connectivity index (χ0) is 15.6. The molecule has 0 aliphatic carbocycles. The number of benzene rings is 1. The van der Waals surface area contributed by atoms with E-state index in [1.54, 1.807) is 0 Å². The summed E-state index contributed by atoms with van der Waals surface area (Å²) in [5, 5.41) is 23.3. The van der Waals surface area contributed by atoms with Crippen LogP contribution in [0.25, 0.3) is 0 Å². The number of halogens is 2. The largest absolute Gasteiger partial charge is 0.312 e. The van der Waals surface area contributed by atoms with Crippen LogP contribution in [0.5, 0.6) is 0 Å². The molecule has 0 atom stereocenters. The fraction of sp³-hybridized carbons (Fsp3) is 0. The molecular formula is C12H5F2N3O3S. The second-order valence-electron chi connectivity index (χ2n) is 3.77. The second-order valence-corrected chi connectivity index (χ2v) is 4.69. The fourth-order valence-corrected chi connectivity index (χ4v) is 2.27. The molecule has 2 aromatic rings. The second kappa shape index (κ2) is 5.64. The van der Waals surface area contributed by atoms with Crippen LogP contribution in [0, 0.1) is 33.1 Å². The highest BCUT2D eigenvalue weighted by molar-refractivity contribution is 7.14. The summed E-state index contributed by atoms with van der Waals surface area (Å²) in [7, 11) is 0. The summed E-state index contributed by atoms with van der Waals surface area (Å²) >= 11 is 1.01. The molecule has 0 saturated heterocycles. The summed E-state index contributed by atoms with van der Waals surface area (Å²) in [6, 6.07) is 4.18. The third-order valence-electron chi connectivity index (χ3n) is 2.47. The van der Waals surface area contributed by atoms with E-state index in [9.17, 15) is 23.7 Å². The Labute approximate surface area is 120 Å². The van der Waals surface area contributed by atoms with Gasteiger partial charge in [0, 0.05) is 0 Å². The molecule has 21 heavy (non-hydrogen) atoms. The van der Waals surface area contributed by atoms with Gasteiger partial charge in [-0.1, -0.05) is 0 Å². The van der Waals surface area contributed by atoms with E-state index in [1.807, 2.05) is 6.07 Å². The van der Waals surface area contributed by atoms with Gasteiger partial charge in [0.1, 0.15) is 16.9 Å². The molecule has 106 valence electrons. The molecule has 0 aliphatic rings. The number of carbonyl (C=O) groups excluding carboxylic acids is 1. The summed E-state index contributed by atoms with van der Waals surface area (Å²) in [6.45, 7) is 0. The van der Waals surface area contributed by atoms with Gasteiger partial charge in [-0.3, -0.25) is 14.9 Å². The number of nitro benzene ring substituents is 1. The van der Waals surface area contributed by atoms with E-state index in [-0.39, 0.29) is 10.6 Å². The predicted octanol–water partition coefficient (Wildman–Crippen LogP) is 3.06. The first-order valence-electron chi connectivity index (χ1n) is 5.36. The topological polar surface area (TPSA) is 96.0 Å². The first-order chi connectivity index (χ1) is 9.93. The van der Waals surface area contributed by atoms with Crippen LogP contribution in [0.3, 0.4) is 0 Å². The molecule has 0 bridgehead atoms. The molecular weight excluding hydrogens is 304 g/mol. The van der Waals surface area contributed by atoms with Gasteiger partial charge in [-0.15, -0.1) is 11.3 Å². The summed E-state index contributed by atoms with van der Waals surface area (Å²) in [5.74, 6) is -3.62. The Kier molecular flexibility index (Phi) is 3.91. The molecule has 1 N–H and O–H groups in total. The number of carbonyl (C=O) groups is 1. The molecule has 0 spiro atoms. The number of hydrogen-bond acceptors (Lipinski definition) is 5. The van der Waals surface area contributed by atoms with Crippen LogP contribution >= 0.6 is 11.3 Å². The standard InChI is InChI=1S/C12H5F2N3O3S/c13-7-3-8(10(14)9(4-7)17(19)20)11(18)16-12-6(5-15)1-2-21-12/h1-4H,(H,16,18). The average Bonchev–Trinajstić information content (AvgIpc) is 2.87. The van der Waals surface area contributed by atoms with Crippen molar-refractivity contribution >= 4 is 27.9 Å². The molecule has 0 unspecified atom stereocenters. The van der Waals surface area contributed by atoms with Crippen LogP contribution in [-0.2, 0) is 0 Å². The maximum atomic E-state index is 13.8. The number of nitrogens with zero attached hydrogens (tertiary/aromatic N) is 2. The lowest BCUT2D eigenvalue weighted by Crippen LogP contribution is -2.15. The van der Waals surface area contributed by atoms with E-state index in [0.717, 1.165) is 11.3 Å². The van der Waals surface area contributed by atoms with Gasteiger partial charge in [0.25, 0.3) is 5.91 Å². The number of nitrogens with one attached hydrogen (secondary N) is 1. The quantitative estimate of drug-likeness (QED) is 0.696. The summed E-state index contributed by atoms with van der Waals surface area (Å²) < 4.78 is 27.1. The van der Waals surface area contributed by atoms with Gasteiger partial charge >= 0.3 is 5.69 Å². The van der Waals surface area contributed by atoms with Crippen LogP contribution < -0.4 is 5.32 Å². The van der Waals surface area contributed by atoms with Gasteiger partial charge < -0.3 is 5.32 Å². The molecule has 0 aliphatic heterocycles.